The van der Waals surface area contributed by atoms with Crippen LogP contribution in [-0.2, 0) is 11.8 Å². The molecule has 1 aliphatic carbocycles. The van der Waals surface area contributed by atoms with Crippen LogP contribution < -0.4 is 5.32 Å². The fraction of sp³-hybridized carbons (Fsp3) is 0.333. The summed E-state index contributed by atoms with van der Waals surface area (Å²) in [5, 5.41) is 13.0. The standard InChI is InChI=1S/C18H19N5OS/c1-11(25-18-22-21-16(23(18)2)12-8-9-12)17(24)20-15-7-3-6-14-13(15)5-4-10-19-14/h3-7,10-12H,8-9H2,1-2H3,(H,20,24). The monoisotopic (exact) mass is 353 g/mol. The second-order valence-corrected chi connectivity index (χ2v) is 7.61. The minimum atomic E-state index is -0.276. The van der Waals surface area contributed by atoms with E-state index in [-0.39, 0.29) is 11.2 Å². The predicted octanol–water partition coefficient (Wildman–Crippen LogP) is 3.36. The maximum Gasteiger partial charge on any atom is 0.237 e. The van der Waals surface area contributed by atoms with Crippen molar-refractivity contribution in [2.45, 2.75) is 36.1 Å². The molecule has 1 fully saturated rings. The molecule has 1 amide bonds. The van der Waals surface area contributed by atoms with Gasteiger partial charge >= 0.3 is 0 Å². The van der Waals surface area contributed by atoms with Crippen LogP contribution in [0.2, 0.25) is 0 Å². The Kier molecular flexibility index (Phi) is 4.17. The third kappa shape index (κ3) is 3.24. The minimum absolute atomic E-state index is 0.0580. The van der Waals surface area contributed by atoms with Crippen LogP contribution in [-0.4, -0.2) is 30.9 Å². The Morgan fingerprint density at radius 1 is 1.28 bits per heavy atom. The quantitative estimate of drug-likeness (QED) is 0.712. The number of rotatable bonds is 5. The lowest BCUT2D eigenvalue weighted by atomic mass is 10.2. The van der Waals surface area contributed by atoms with E-state index in [4.69, 9.17) is 0 Å². The molecule has 1 unspecified atom stereocenters. The molecule has 1 atom stereocenters. The number of hydrogen-bond acceptors (Lipinski definition) is 5. The number of nitrogens with zero attached hydrogens (tertiary/aromatic N) is 4. The Morgan fingerprint density at radius 2 is 2.12 bits per heavy atom. The van der Waals surface area contributed by atoms with E-state index < -0.39 is 0 Å². The molecule has 0 spiro atoms. The number of amides is 1. The molecule has 6 nitrogen and oxygen atoms in total. The third-order valence-corrected chi connectivity index (χ3v) is 5.50. The first-order valence-electron chi connectivity index (χ1n) is 8.34. The molecule has 2 aromatic heterocycles. The van der Waals surface area contributed by atoms with Crippen molar-refractivity contribution >= 4 is 34.3 Å². The van der Waals surface area contributed by atoms with Gasteiger partial charge in [0.2, 0.25) is 5.91 Å². The lowest BCUT2D eigenvalue weighted by molar-refractivity contribution is -0.115. The number of nitrogens with one attached hydrogen (secondary N) is 1. The van der Waals surface area contributed by atoms with Crippen LogP contribution in [0.3, 0.4) is 0 Å². The highest BCUT2D eigenvalue weighted by Crippen LogP contribution is 2.39. The fourth-order valence-corrected chi connectivity index (χ4v) is 3.61. The Hall–Kier alpha value is -2.41. The van der Waals surface area contributed by atoms with Gasteiger partial charge in [-0.25, -0.2) is 0 Å². The summed E-state index contributed by atoms with van der Waals surface area (Å²) in [6.07, 6.45) is 4.11. The SMILES string of the molecule is CC(Sc1nnc(C2CC2)n1C)C(=O)Nc1cccc2ncccc12. The average Bonchev–Trinajstić information content (AvgIpc) is 3.40. The molecule has 0 radical (unpaired) electrons. The van der Waals surface area contributed by atoms with Crippen LogP contribution in [0.5, 0.6) is 0 Å². The van der Waals surface area contributed by atoms with E-state index in [1.807, 2.05) is 48.9 Å². The Balaban J connectivity index is 1.48. The molecule has 3 aromatic rings. The van der Waals surface area contributed by atoms with E-state index in [1.165, 1.54) is 24.6 Å². The predicted molar refractivity (Wildman–Crippen MR) is 98.7 cm³/mol. The average molecular weight is 353 g/mol. The molecule has 1 aromatic carbocycles. The Bertz CT molecular complexity index is 929. The number of thioether (sulfide) groups is 1. The van der Waals surface area contributed by atoms with Crippen molar-refractivity contribution in [3.05, 3.63) is 42.4 Å². The van der Waals surface area contributed by atoms with Crippen LogP contribution in [0.1, 0.15) is 31.5 Å². The number of hydrogen-bond donors (Lipinski definition) is 1. The molecular weight excluding hydrogens is 334 g/mol. The maximum absolute atomic E-state index is 12.6. The first-order valence-corrected chi connectivity index (χ1v) is 9.22. The van der Waals surface area contributed by atoms with E-state index in [1.54, 1.807) is 6.20 Å². The molecule has 0 aliphatic heterocycles. The molecule has 0 saturated heterocycles. The van der Waals surface area contributed by atoms with Crippen molar-refractivity contribution in [1.82, 2.24) is 19.7 Å². The second kappa shape index (κ2) is 6.48. The van der Waals surface area contributed by atoms with Crippen LogP contribution in [0.25, 0.3) is 10.9 Å². The van der Waals surface area contributed by atoms with Crippen LogP contribution >= 0.6 is 11.8 Å². The number of anilines is 1. The van der Waals surface area contributed by atoms with Crippen LogP contribution in [0, 0.1) is 0 Å². The van der Waals surface area contributed by atoms with E-state index in [0.29, 0.717) is 5.92 Å². The van der Waals surface area contributed by atoms with Gasteiger partial charge in [0.15, 0.2) is 5.16 Å². The van der Waals surface area contributed by atoms with Gasteiger partial charge in [-0.2, -0.15) is 0 Å². The lowest BCUT2D eigenvalue weighted by Crippen LogP contribution is -2.23. The minimum Gasteiger partial charge on any atom is -0.324 e. The molecule has 1 N–H and O–H groups in total. The molecule has 128 valence electrons. The van der Waals surface area contributed by atoms with Crippen molar-refractivity contribution in [2.75, 3.05) is 5.32 Å². The Morgan fingerprint density at radius 3 is 2.92 bits per heavy atom. The van der Waals surface area contributed by atoms with Crippen molar-refractivity contribution in [3.63, 3.8) is 0 Å². The summed E-state index contributed by atoms with van der Waals surface area (Å²) in [6.45, 7) is 1.88. The Labute approximate surface area is 150 Å². The zero-order chi connectivity index (χ0) is 17.4. The molecule has 2 heterocycles. The molecule has 25 heavy (non-hydrogen) atoms. The molecule has 0 bridgehead atoms. The van der Waals surface area contributed by atoms with E-state index >= 15 is 0 Å². The largest absolute Gasteiger partial charge is 0.324 e. The third-order valence-electron chi connectivity index (χ3n) is 4.37. The summed E-state index contributed by atoms with van der Waals surface area (Å²) in [5.41, 5.74) is 1.64. The van der Waals surface area contributed by atoms with Gasteiger partial charge in [0.05, 0.1) is 16.5 Å². The van der Waals surface area contributed by atoms with Crippen molar-refractivity contribution in [2.24, 2.45) is 7.05 Å². The smallest absolute Gasteiger partial charge is 0.237 e. The second-order valence-electron chi connectivity index (χ2n) is 6.30. The van der Waals surface area contributed by atoms with Crippen LogP contribution in [0.4, 0.5) is 5.69 Å². The summed E-state index contributed by atoms with van der Waals surface area (Å²) in [5.74, 6) is 1.51. The van der Waals surface area contributed by atoms with Crippen molar-refractivity contribution in [1.29, 1.82) is 0 Å². The number of benzene rings is 1. The van der Waals surface area contributed by atoms with Crippen molar-refractivity contribution in [3.8, 4) is 0 Å². The van der Waals surface area contributed by atoms with Crippen molar-refractivity contribution < 1.29 is 4.79 Å². The molecule has 4 rings (SSSR count). The number of fused-ring (bicyclic) bond motifs is 1. The van der Waals surface area contributed by atoms with Gasteiger partial charge in [0.1, 0.15) is 5.82 Å². The summed E-state index contributed by atoms with van der Waals surface area (Å²) in [7, 11) is 1.97. The van der Waals surface area contributed by atoms with Gasteiger partial charge in [-0.3, -0.25) is 9.78 Å². The van der Waals surface area contributed by atoms with Gasteiger partial charge < -0.3 is 9.88 Å². The zero-order valence-electron chi connectivity index (χ0n) is 14.1. The number of carbonyl (C=O) groups excluding carboxylic acids is 1. The highest BCUT2D eigenvalue weighted by Gasteiger charge is 2.30. The molecule has 1 aliphatic rings. The van der Waals surface area contributed by atoms with Gasteiger partial charge in [-0.05, 0) is 44.0 Å². The number of carbonyl (C=O) groups is 1. The first kappa shape index (κ1) is 16.1. The van der Waals surface area contributed by atoms with E-state index in [2.05, 4.69) is 20.5 Å². The zero-order valence-corrected chi connectivity index (χ0v) is 15.0. The summed E-state index contributed by atoms with van der Waals surface area (Å²) in [6, 6.07) is 9.55. The maximum atomic E-state index is 12.6. The van der Waals surface area contributed by atoms with Gasteiger partial charge in [-0.1, -0.05) is 17.8 Å². The summed E-state index contributed by atoms with van der Waals surface area (Å²) in [4.78, 5) is 16.9. The summed E-state index contributed by atoms with van der Waals surface area (Å²) < 4.78 is 2.01. The van der Waals surface area contributed by atoms with E-state index in [9.17, 15) is 4.79 Å². The summed E-state index contributed by atoms with van der Waals surface area (Å²) >= 11 is 1.43. The molecular formula is C18H19N5OS. The number of aromatic nitrogens is 4. The normalized spacial score (nSPS) is 15.3. The highest BCUT2D eigenvalue weighted by atomic mass is 32.2. The van der Waals surface area contributed by atoms with E-state index in [0.717, 1.165) is 27.6 Å². The van der Waals surface area contributed by atoms with Crippen LogP contribution in [0.15, 0.2) is 41.7 Å². The van der Waals surface area contributed by atoms with Gasteiger partial charge in [0, 0.05) is 24.5 Å². The topological polar surface area (TPSA) is 72.7 Å². The molecule has 7 heteroatoms. The number of pyridine rings is 1. The van der Waals surface area contributed by atoms with Gasteiger partial charge in [-0.15, -0.1) is 10.2 Å². The lowest BCUT2D eigenvalue weighted by Gasteiger charge is -2.13. The molecule has 1 saturated carbocycles. The fourth-order valence-electron chi connectivity index (χ4n) is 2.78. The van der Waals surface area contributed by atoms with Gasteiger partial charge in [0.25, 0.3) is 0 Å². The highest BCUT2D eigenvalue weighted by molar-refractivity contribution is 8.00. The first-order chi connectivity index (χ1) is 12.1.